The summed E-state index contributed by atoms with van der Waals surface area (Å²) in [6.07, 6.45) is 4.78. The molecule has 0 N–H and O–H groups in total. The van der Waals surface area contributed by atoms with Crippen LogP contribution in [0, 0.1) is 4.77 Å². The van der Waals surface area contributed by atoms with Gasteiger partial charge in [-0.1, -0.05) is 12.5 Å². The predicted molar refractivity (Wildman–Crippen MR) is 105 cm³/mol. The van der Waals surface area contributed by atoms with E-state index in [9.17, 15) is 0 Å². The summed E-state index contributed by atoms with van der Waals surface area (Å²) in [7, 11) is 1.72. The fourth-order valence-electron chi connectivity index (χ4n) is 3.86. The van der Waals surface area contributed by atoms with Crippen molar-refractivity contribution in [3.63, 3.8) is 0 Å². The van der Waals surface area contributed by atoms with Crippen LogP contribution in [0.5, 0.6) is 5.75 Å². The predicted octanol–water partition coefficient (Wildman–Crippen LogP) is 2.93. The monoisotopic (exact) mass is 373 g/mol. The first-order valence-corrected chi connectivity index (χ1v) is 9.93. The molecular formula is C19H27N5OS. The third-order valence-electron chi connectivity index (χ3n) is 5.41. The number of nitrogens with zero attached hydrogens (tertiary/aromatic N) is 5. The Balaban J connectivity index is 1.39. The topological polar surface area (TPSA) is 38.5 Å². The van der Waals surface area contributed by atoms with E-state index in [0.29, 0.717) is 0 Å². The summed E-state index contributed by atoms with van der Waals surface area (Å²) in [5.41, 5.74) is 1.23. The highest BCUT2D eigenvalue weighted by molar-refractivity contribution is 7.71. The highest BCUT2D eigenvalue weighted by Gasteiger charge is 2.20. The zero-order valence-corrected chi connectivity index (χ0v) is 16.2. The van der Waals surface area contributed by atoms with Crippen molar-refractivity contribution >= 4 is 17.9 Å². The van der Waals surface area contributed by atoms with Crippen LogP contribution in [0.15, 0.2) is 24.3 Å². The molecule has 1 saturated heterocycles. The van der Waals surface area contributed by atoms with Gasteiger partial charge >= 0.3 is 0 Å². The zero-order chi connectivity index (χ0) is 17.9. The minimum Gasteiger partial charge on any atom is -0.497 e. The number of piperazine rings is 1. The molecule has 1 fully saturated rings. The van der Waals surface area contributed by atoms with Gasteiger partial charge in [-0.15, -0.1) is 0 Å². The second kappa shape index (κ2) is 7.80. The molecule has 2 aliphatic heterocycles. The van der Waals surface area contributed by atoms with Gasteiger partial charge in [0.05, 0.1) is 13.8 Å². The molecule has 2 aliphatic rings. The highest BCUT2D eigenvalue weighted by Crippen LogP contribution is 2.22. The molecule has 0 aliphatic carbocycles. The number of hydrogen-bond donors (Lipinski definition) is 0. The third kappa shape index (κ3) is 3.64. The molecule has 0 amide bonds. The maximum atomic E-state index is 5.68. The molecule has 7 heteroatoms. The van der Waals surface area contributed by atoms with Gasteiger partial charge in [-0.2, -0.15) is 5.10 Å². The SMILES string of the molecule is COc1cccc(N2CCN(Cn3nc4n(c3=S)CCCCC4)CC2)c1. The van der Waals surface area contributed by atoms with Gasteiger partial charge in [0, 0.05) is 50.9 Å². The molecule has 140 valence electrons. The van der Waals surface area contributed by atoms with Gasteiger partial charge in [-0.05, 0) is 37.2 Å². The number of rotatable bonds is 4. The first-order valence-electron chi connectivity index (χ1n) is 9.52. The first kappa shape index (κ1) is 17.5. The largest absolute Gasteiger partial charge is 0.497 e. The molecule has 1 aromatic carbocycles. The van der Waals surface area contributed by atoms with Gasteiger partial charge in [0.2, 0.25) is 0 Å². The lowest BCUT2D eigenvalue weighted by Gasteiger charge is -2.36. The summed E-state index contributed by atoms with van der Waals surface area (Å²) >= 11 is 5.68. The summed E-state index contributed by atoms with van der Waals surface area (Å²) in [5, 5.41) is 4.81. The van der Waals surface area contributed by atoms with E-state index in [1.165, 1.54) is 30.8 Å². The molecule has 0 saturated carbocycles. The number of hydrogen-bond acceptors (Lipinski definition) is 5. The molecule has 0 bridgehead atoms. The van der Waals surface area contributed by atoms with E-state index in [2.05, 4.69) is 32.6 Å². The number of methoxy groups -OCH3 is 1. The van der Waals surface area contributed by atoms with Crippen molar-refractivity contribution in [1.82, 2.24) is 19.2 Å². The standard InChI is InChI=1S/C19H27N5OS/c1-25-17-7-5-6-16(14-17)22-12-10-21(11-13-22)15-24-19(26)23-9-4-2-3-8-18(23)20-24/h5-7,14H,2-4,8-13,15H2,1H3. The van der Waals surface area contributed by atoms with Gasteiger partial charge in [0.25, 0.3) is 0 Å². The molecule has 0 radical (unpaired) electrons. The van der Waals surface area contributed by atoms with Crippen LogP contribution in [0.3, 0.4) is 0 Å². The number of benzene rings is 1. The van der Waals surface area contributed by atoms with E-state index in [4.69, 9.17) is 22.1 Å². The van der Waals surface area contributed by atoms with Crippen LogP contribution in [-0.4, -0.2) is 52.5 Å². The number of aromatic nitrogens is 3. The van der Waals surface area contributed by atoms with Gasteiger partial charge < -0.3 is 14.2 Å². The van der Waals surface area contributed by atoms with Gasteiger partial charge in [-0.3, -0.25) is 4.90 Å². The number of aryl methyl sites for hydroxylation is 1. The molecule has 0 unspecified atom stereocenters. The van der Waals surface area contributed by atoms with Gasteiger partial charge in [0.1, 0.15) is 11.6 Å². The molecular weight excluding hydrogens is 346 g/mol. The second-order valence-corrected chi connectivity index (χ2v) is 7.47. The van der Waals surface area contributed by atoms with E-state index < -0.39 is 0 Å². The molecule has 6 nitrogen and oxygen atoms in total. The number of anilines is 1. The van der Waals surface area contributed by atoms with Crippen LogP contribution in [0.2, 0.25) is 0 Å². The Morgan fingerprint density at radius 3 is 2.73 bits per heavy atom. The molecule has 0 spiro atoms. The number of fused-ring (bicyclic) bond motifs is 1. The Morgan fingerprint density at radius 1 is 1.08 bits per heavy atom. The van der Waals surface area contributed by atoms with Gasteiger partial charge in [-0.25, -0.2) is 4.68 Å². The molecule has 4 rings (SSSR count). The molecule has 2 aromatic rings. The molecule has 1 aromatic heterocycles. The van der Waals surface area contributed by atoms with Crippen LogP contribution in [0.25, 0.3) is 0 Å². The lowest BCUT2D eigenvalue weighted by Crippen LogP contribution is -2.47. The van der Waals surface area contributed by atoms with Crippen molar-refractivity contribution in [1.29, 1.82) is 0 Å². The van der Waals surface area contributed by atoms with Crippen LogP contribution in [0.1, 0.15) is 25.1 Å². The summed E-state index contributed by atoms with van der Waals surface area (Å²) in [6.45, 7) is 5.87. The van der Waals surface area contributed by atoms with Crippen molar-refractivity contribution in [3.8, 4) is 5.75 Å². The lowest BCUT2D eigenvalue weighted by molar-refractivity contribution is 0.193. The lowest BCUT2D eigenvalue weighted by atomic mass is 10.2. The Hall–Kier alpha value is -1.86. The Kier molecular flexibility index (Phi) is 5.26. The summed E-state index contributed by atoms with van der Waals surface area (Å²) in [4.78, 5) is 4.86. The Bertz CT molecular complexity index is 807. The second-order valence-electron chi connectivity index (χ2n) is 7.11. The summed E-state index contributed by atoms with van der Waals surface area (Å²) in [5.74, 6) is 2.08. The van der Waals surface area contributed by atoms with Crippen LogP contribution in [-0.2, 0) is 19.6 Å². The molecule has 3 heterocycles. The smallest absolute Gasteiger partial charge is 0.199 e. The summed E-state index contributed by atoms with van der Waals surface area (Å²) < 4.78 is 10.5. The fourth-order valence-corrected chi connectivity index (χ4v) is 4.16. The van der Waals surface area contributed by atoms with E-state index >= 15 is 0 Å². The quantitative estimate of drug-likeness (QED) is 0.771. The fraction of sp³-hybridized carbons (Fsp3) is 0.579. The normalized spacial score (nSPS) is 18.4. The van der Waals surface area contributed by atoms with Crippen molar-refractivity contribution < 1.29 is 4.74 Å². The average molecular weight is 374 g/mol. The molecule has 26 heavy (non-hydrogen) atoms. The Morgan fingerprint density at radius 2 is 1.92 bits per heavy atom. The van der Waals surface area contributed by atoms with Crippen LogP contribution >= 0.6 is 12.2 Å². The van der Waals surface area contributed by atoms with Crippen LogP contribution < -0.4 is 9.64 Å². The van der Waals surface area contributed by atoms with E-state index in [-0.39, 0.29) is 0 Å². The minimum absolute atomic E-state index is 0.796. The molecule has 0 atom stereocenters. The highest BCUT2D eigenvalue weighted by atomic mass is 32.1. The van der Waals surface area contributed by atoms with E-state index in [0.717, 1.165) is 56.3 Å². The average Bonchev–Trinajstić information content (AvgIpc) is 2.85. The maximum Gasteiger partial charge on any atom is 0.199 e. The van der Waals surface area contributed by atoms with Crippen molar-refractivity contribution in [2.75, 3.05) is 38.2 Å². The maximum absolute atomic E-state index is 5.68. The van der Waals surface area contributed by atoms with Crippen molar-refractivity contribution in [2.45, 2.75) is 38.9 Å². The third-order valence-corrected chi connectivity index (χ3v) is 5.84. The Labute approximate surface area is 160 Å². The number of ether oxygens (including phenoxy) is 1. The van der Waals surface area contributed by atoms with E-state index in [1.54, 1.807) is 7.11 Å². The zero-order valence-electron chi connectivity index (χ0n) is 15.4. The van der Waals surface area contributed by atoms with Crippen molar-refractivity contribution in [2.24, 2.45) is 0 Å². The minimum atomic E-state index is 0.796. The van der Waals surface area contributed by atoms with E-state index in [1.807, 2.05) is 10.7 Å². The summed E-state index contributed by atoms with van der Waals surface area (Å²) in [6, 6.07) is 8.31. The van der Waals surface area contributed by atoms with Gasteiger partial charge in [0.15, 0.2) is 4.77 Å². The first-order chi connectivity index (χ1) is 12.7. The van der Waals surface area contributed by atoms with Crippen molar-refractivity contribution in [3.05, 3.63) is 34.9 Å². The van der Waals surface area contributed by atoms with Crippen LogP contribution in [0.4, 0.5) is 5.69 Å².